The van der Waals surface area contributed by atoms with Crippen LogP contribution in [0.2, 0.25) is 0 Å². The first-order valence-electron chi connectivity index (χ1n) is 5.87. The second-order valence-electron chi connectivity index (χ2n) is 4.34. The van der Waals surface area contributed by atoms with Crippen LogP contribution in [0.5, 0.6) is 0 Å². The monoisotopic (exact) mass is 256 g/mol. The lowest BCUT2D eigenvalue weighted by Gasteiger charge is -2.15. The largest absolute Gasteiger partial charge is 0.397 e. The maximum Gasteiger partial charge on any atom is 0.256 e. The van der Waals surface area contributed by atoms with E-state index in [2.05, 4.69) is 10.3 Å². The van der Waals surface area contributed by atoms with E-state index in [1.807, 2.05) is 31.1 Å². The molecule has 0 atom stereocenters. The molecule has 2 aromatic rings. The van der Waals surface area contributed by atoms with Crippen LogP contribution in [0.4, 0.5) is 17.2 Å². The Morgan fingerprint density at radius 2 is 2.05 bits per heavy atom. The van der Waals surface area contributed by atoms with E-state index < -0.39 is 0 Å². The minimum Gasteiger partial charge on any atom is -0.397 e. The molecule has 1 aromatic carbocycles. The van der Waals surface area contributed by atoms with Gasteiger partial charge >= 0.3 is 0 Å². The molecule has 0 aliphatic heterocycles. The van der Waals surface area contributed by atoms with Crippen molar-refractivity contribution in [1.29, 1.82) is 0 Å². The van der Waals surface area contributed by atoms with Crippen LogP contribution < -0.4 is 16.0 Å². The van der Waals surface area contributed by atoms with Crippen LogP contribution in [0, 0.1) is 0 Å². The molecule has 0 unspecified atom stereocenters. The van der Waals surface area contributed by atoms with Gasteiger partial charge in [-0.15, -0.1) is 0 Å². The van der Waals surface area contributed by atoms with Gasteiger partial charge in [0.2, 0.25) is 0 Å². The number of hydrogen-bond acceptors (Lipinski definition) is 4. The molecule has 0 spiro atoms. The Morgan fingerprint density at radius 1 is 1.26 bits per heavy atom. The van der Waals surface area contributed by atoms with E-state index in [1.54, 1.807) is 30.5 Å². The number of rotatable bonds is 3. The van der Waals surface area contributed by atoms with Gasteiger partial charge in [-0.3, -0.25) is 4.79 Å². The van der Waals surface area contributed by atoms with Crippen LogP contribution in [0.1, 0.15) is 10.4 Å². The quantitative estimate of drug-likeness (QED) is 0.824. The standard InChI is InChI=1S/C14H16N4O/c1-18(2)12-7-6-10(9-11(12)15)14(19)17-13-5-3-4-8-16-13/h3-9H,15H2,1-2H3,(H,16,17,19). The molecule has 0 saturated heterocycles. The van der Waals surface area contributed by atoms with Crippen LogP contribution in [0.3, 0.4) is 0 Å². The van der Waals surface area contributed by atoms with Gasteiger partial charge < -0.3 is 16.0 Å². The average molecular weight is 256 g/mol. The number of aromatic nitrogens is 1. The maximum absolute atomic E-state index is 12.0. The molecule has 19 heavy (non-hydrogen) atoms. The minimum atomic E-state index is -0.226. The molecule has 3 N–H and O–H groups in total. The topological polar surface area (TPSA) is 71.2 Å². The number of carbonyl (C=O) groups excluding carboxylic acids is 1. The van der Waals surface area contributed by atoms with Crippen molar-refractivity contribution in [1.82, 2.24) is 4.98 Å². The van der Waals surface area contributed by atoms with Crippen molar-refractivity contribution in [3.63, 3.8) is 0 Å². The van der Waals surface area contributed by atoms with Crippen LogP contribution in [-0.4, -0.2) is 25.0 Å². The fraction of sp³-hybridized carbons (Fsp3) is 0.143. The van der Waals surface area contributed by atoms with Gasteiger partial charge in [0.05, 0.1) is 11.4 Å². The summed E-state index contributed by atoms with van der Waals surface area (Å²) in [4.78, 5) is 18.0. The lowest BCUT2D eigenvalue weighted by molar-refractivity contribution is 0.102. The number of pyridine rings is 1. The van der Waals surface area contributed by atoms with Crippen molar-refractivity contribution in [2.24, 2.45) is 0 Å². The zero-order valence-corrected chi connectivity index (χ0v) is 10.9. The van der Waals surface area contributed by atoms with Crippen molar-refractivity contribution in [2.45, 2.75) is 0 Å². The predicted octanol–water partition coefficient (Wildman–Crippen LogP) is 1.98. The van der Waals surface area contributed by atoms with E-state index in [4.69, 9.17) is 5.73 Å². The number of amides is 1. The summed E-state index contributed by atoms with van der Waals surface area (Å²) < 4.78 is 0. The number of nitrogens with two attached hydrogens (primary N) is 1. The van der Waals surface area contributed by atoms with Crippen molar-refractivity contribution in [3.05, 3.63) is 48.2 Å². The first-order valence-corrected chi connectivity index (χ1v) is 5.87. The van der Waals surface area contributed by atoms with Crippen molar-refractivity contribution in [2.75, 3.05) is 30.0 Å². The average Bonchev–Trinajstić information content (AvgIpc) is 2.39. The molecule has 1 aromatic heterocycles. The minimum absolute atomic E-state index is 0.226. The lowest BCUT2D eigenvalue weighted by atomic mass is 10.1. The summed E-state index contributed by atoms with van der Waals surface area (Å²) >= 11 is 0. The second-order valence-corrected chi connectivity index (χ2v) is 4.34. The number of nitrogens with one attached hydrogen (secondary N) is 1. The van der Waals surface area contributed by atoms with Crippen molar-refractivity contribution >= 4 is 23.1 Å². The van der Waals surface area contributed by atoms with Gasteiger partial charge in [-0.05, 0) is 30.3 Å². The van der Waals surface area contributed by atoms with Gasteiger partial charge in [-0.2, -0.15) is 0 Å². The smallest absolute Gasteiger partial charge is 0.256 e. The second kappa shape index (κ2) is 5.39. The molecule has 0 saturated carbocycles. The summed E-state index contributed by atoms with van der Waals surface area (Å²) in [6.45, 7) is 0. The maximum atomic E-state index is 12.0. The van der Waals surface area contributed by atoms with Gasteiger partial charge in [-0.1, -0.05) is 6.07 Å². The van der Waals surface area contributed by atoms with Gasteiger partial charge in [0.15, 0.2) is 0 Å². The molecule has 1 heterocycles. The van der Waals surface area contributed by atoms with E-state index in [0.29, 0.717) is 17.1 Å². The van der Waals surface area contributed by atoms with Crippen LogP contribution in [0.25, 0.3) is 0 Å². The van der Waals surface area contributed by atoms with Crippen LogP contribution in [-0.2, 0) is 0 Å². The Bertz CT molecular complexity index is 581. The summed E-state index contributed by atoms with van der Waals surface area (Å²) in [5.74, 6) is 0.290. The van der Waals surface area contributed by atoms with Gasteiger partial charge in [-0.25, -0.2) is 4.98 Å². The summed E-state index contributed by atoms with van der Waals surface area (Å²) in [6.07, 6.45) is 1.62. The third kappa shape index (κ3) is 3.01. The molecule has 0 aliphatic carbocycles. The Hall–Kier alpha value is -2.56. The molecule has 0 bridgehead atoms. The first kappa shape index (κ1) is 12.9. The number of benzene rings is 1. The third-order valence-corrected chi connectivity index (χ3v) is 2.68. The summed E-state index contributed by atoms with van der Waals surface area (Å²) in [5, 5.41) is 2.71. The highest BCUT2D eigenvalue weighted by molar-refractivity contribution is 6.04. The molecule has 5 heteroatoms. The fourth-order valence-corrected chi connectivity index (χ4v) is 1.73. The number of carbonyl (C=O) groups is 1. The Balaban J connectivity index is 2.18. The molecular weight excluding hydrogens is 240 g/mol. The number of nitrogen functional groups attached to an aromatic ring is 1. The van der Waals surface area contributed by atoms with Gasteiger partial charge in [0.1, 0.15) is 5.82 Å². The number of anilines is 3. The SMILES string of the molecule is CN(C)c1ccc(C(=O)Nc2ccccn2)cc1N. The normalized spacial score (nSPS) is 10.0. The molecule has 1 amide bonds. The zero-order chi connectivity index (χ0) is 13.8. The molecule has 2 rings (SSSR count). The summed E-state index contributed by atoms with van der Waals surface area (Å²) in [7, 11) is 3.80. The zero-order valence-electron chi connectivity index (χ0n) is 10.9. The van der Waals surface area contributed by atoms with Gasteiger partial charge in [0.25, 0.3) is 5.91 Å². The Labute approximate surface area is 112 Å². The van der Waals surface area contributed by atoms with E-state index in [9.17, 15) is 4.79 Å². The van der Waals surface area contributed by atoms with E-state index in [0.717, 1.165) is 5.69 Å². The third-order valence-electron chi connectivity index (χ3n) is 2.68. The first-order chi connectivity index (χ1) is 9.08. The van der Waals surface area contributed by atoms with E-state index in [1.165, 1.54) is 0 Å². The number of nitrogens with zero attached hydrogens (tertiary/aromatic N) is 2. The molecule has 98 valence electrons. The van der Waals surface area contributed by atoms with Crippen molar-refractivity contribution in [3.8, 4) is 0 Å². The molecule has 5 nitrogen and oxygen atoms in total. The lowest BCUT2D eigenvalue weighted by Crippen LogP contribution is -2.15. The summed E-state index contributed by atoms with van der Waals surface area (Å²) in [5.41, 5.74) is 7.88. The van der Waals surface area contributed by atoms with Gasteiger partial charge in [0, 0.05) is 25.9 Å². The van der Waals surface area contributed by atoms with E-state index >= 15 is 0 Å². The highest BCUT2D eigenvalue weighted by Gasteiger charge is 2.09. The fourth-order valence-electron chi connectivity index (χ4n) is 1.73. The van der Waals surface area contributed by atoms with Crippen molar-refractivity contribution < 1.29 is 4.79 Å². The van der Waals surface area contributed by atoms with E-state index in [-0.39, 0.29) is 5.91 Å². The van der Waals surface area contributed by atoms with Crippen LogP contribution >= 0.6 is 0 Å². The molecule has 0 radical (unpaired) electrons. The Morgan fingerprint density at radius 3 is 2.63 bits per heavy atom. The molecule has 0 fully saturated rings. The highest BCUT2D eigenvalue weighted by Crippen LogP contribution is 2.22. The molecule has 0 aliphatic rings. The van der Waals surface area contributed by atoms with Crippen LogP contribution in [0.15, 0.2) is 42.6 Å². The molecular formula is C14H16N4O. The highest BCUT2D eigenvalue weighted by atomic mass is 16.1. The Kier molecular flexibility index (Phi) is 3.66. The summed E-state index contributed by atoms with van der Waals surface area (Å²) in [6, 6.07) is 10.6. The predicted molar refractivity (Wildman–Crippen MR) is 77.4 cm³/mol. The number of hydrogen-bond donors (Lipinski definition) is 2.